The normalized spacial score (nSPS) is 16.9. The summed E-state index contributed by atoms with van der Waals surface area (Å²) in [4.78, 5) is 24.9. The van der Waals surface area contributed by atoms with Crippen LogP contribution in [-0.2, 0) is 4.79 Å². The highest BCUT2D eigenvalue weighted by Crippen LogP contribution is 2.22. The van der Waals surface area contributed by atoms with Crippen LogP contribution in [0.2, 0.25) is 0 Å². The third-order valence-electron chi connectivity index (χ3n) is 6.68. The van der Waals surface area contributed by atoms with Crippen LogP contribution in [0.3, 0.4) is 0 Å². The van der Waals surface area contributed by atoms with E-state index in [4.69, 9.17) is 4.74 Å². The second kappa shape index (κ2) is 17.0. The highest BCUT2D eigenvalue weighted by Gasteiger charge is 2.23. The molecule has 0 aliphatic carbocycles. The van der Waals surface area contributed by atoms with Crippen molar-refractivity contribution in [3.05, 3.63) is 96.1 Å². The minimum absolute atomic E-state index is 0.288. The summed E-state index contributed by atoms with van der Waals surface area (Å²) >= 11 is 0. The SMILES string of the molecule is CC.CCC1CC[NH+](CC(=O)c2ccccc2)CC1.COc1ccc(C(Nc2ccccc2)C(=O)O)cc1. The number of quaternary nitrogens is 1. The molecule has 0 aromatic heterocycles. The molecule has 6 heteroatoms. The number of carboxylic acid groups (broad SMARTS) is 1. The molecule has 0 saturated carbocycles. The molecule has 0 amide bonds. The van der Waals surface area contributed by atoms with Gasteiger partial charge in [0.2, 0.25) is 5.78 Å². The number of methoxy groups -OCH3 is 1. The van der Waals surface area contributed by atoms with Crippen molar-refractivity contribution in [1.82, 2.24) is 0 Å². The monoisotopic (exact) mass is 519 g/mol. The maximum absolute atomic E-state index is 12.0. The van der Waals surface area contributed by atoms with Gasteiger partial charge in [0.15, 0.2) is 6.04 Å². The second-order valence-corrected chi connectivity index (χ2v) is 9.12. The lowest BCUT2D eigenvalue weighted by atomic mass is 9.94. The highest BCUT2D eigenvalue weighted by molar-refractivity contribution is 5.96. The first-order valence-electron chi connectivity index (χ1n) is 13.6. The van der Waals surface area contributed by atoms with E-state index in [0.717, 1.165) is 30.3 Å². The van der Waals surface area contributed by atoms with Gasteiger partial charge in [-0.05, 0) is 48.6 Å². The van der Waals surface area contributed by atoms with Crippen LogP contribution in [-0.4, -0.2) is 43.6 Å². The summed E-state index contributed by atoms with van der Waals surface area (Å²) in [5.74, 6) is 0.961. The molecule has 1 saturated heterocycles. The number of Topliss-reactive ketones (excluding diaryl/α,β-unsaturated/α-hetero) is 1. The molecule has 3 N–H and O–H groups in total. The van der Waals surface area contributed by atoms with E-state index in [1.54, 1.807) is 31.4 Å². The zero-order chi connectivity index (χ0) is 27.8. The predicted molar refractivity (Wildman–Crippen MR) is 154 cm³/mol. The molecule has 0 spiro atoms. The fraction of sp³-hybridized carbons (Fsp3) is 0.375. The lowest BCUT2D eigenvalue weighted by molar-refractivity contribution is -0.897. The summed E-state index contributed by atoms with van der Waals surface area (Å²) in [6.45, 7) is 9.26. The van der Waals surface area contributed by atoms with Crippen LogP contribution >= 0.6 is 0 Å². The lowest BCUT2D eigenvalue weighted by Crippen LogP contribution is -3.13. The van der Waals surface area contributed by atoms with E-state index >= 15 is 0 Å². The molecule has 204 valence electrons. The summed E-state index contributed by atoms with van der Waals surface area (Å²) < 4.78 is 5.06. The maximum atomic E-state index is 12.0. The number of carboxylic acids is 1. The first-order valence-corrected chi connectivity index (χ1v) is 13.6. The Morgan fingerprint density at radius 2 is 1.47 bits per heavy atom. The number of nitrogens with one attached hydrogen (secondary N) is 2. The van der Waals surface area contributed by atoms with Crippen molar-refractivity contribution < 1.29 is 24.3 Å². The molecule has 1 unspecified atom stereocenters. The van der Waals surface area contributed by atoms with Crippen LogP contribution in [0.15, 0.2) is 84.9 Å². The molecular weight excluding hydrogens is 476 g/mol. The fourth-order valence-electron chi connectivity index (χ4n) is 4.41. The number of piperidine rings is 1. The topological polar surface area (TPSA) is 80.1 Å². The number of rotatable bonds is 9. The van der Waals surface area contributed by atoms with E-state index in [1.165, 1.54) is 24.2 Å². The molecule has 1 aliphatic heterocycles. The molecule has 0 bridgehead atoms. The molecule has 3 aromatic carbocycles. The standard InChI is InChI=1S/C15H15NO3.C15H21NO.C2H6/c1-19-13-9-7-11(8-10-13)14(15(17)18)16-12-5-3-2-4-6-12;1-2-13-8-10-16(11-9-13)12-15(17)14-6-4-3-5-7-14;1-2/h2-10,14,16H,1H3,(H,17,18);3-7,13H,2,8-12H2,1H3;1-2H3/p+1. The van der Waals surface area contributed by atoms with Crippen molar-refractivity contribution in [2.45, 2.75) is 46.1 Å². The minimum Gasteiger partial charge on any atom is -0.497 e. The van der Waals surface area contributed by atoms with Crippen LogP contribution in [0.5, 0.6) is 5.75 Å². The van der Waals surface area contributed by atoms with Crippen LogP contribution in [0, 0.1) is 5.92 Å². The van der Waals surface area contributed by atoms with E-state index in [9.17, 15) is 14.7 Å². The maximum Gasteiger partial charge on any atom is 0.330 e. The molecular formula is C32H43N2O4+. The number of para-hydroxylation sites is 1. The summed E-state index contributed by atoms with van der Waals surface area (Å²) in [5.41, 5.74) is 2.31. The van der Waals surface area contributed by atoms with Crippen molar-refractivity contribution in [2.24, 2.45) is 5.92 Å². The van der Waals surface area contributed by atoms with Gasteiger partial charge in [0.1, 0.15) is 12.3 Å². The van der Waals surface area contributed by atoms with Gasteiger partial charge in [-0.25, -0.2) is 4.79 Å². The quantitative estimate of drug-likeness (QED) is 0.324. The van der Waals surface area contributed by atoms with Crippen molar-refractivity contribution in [3.63, 3.8) is 0 Å². The number of hydrogen-bond acceptors (Lipinski definition) is 4. The number of ether oxygens (including phenoxy) is 1. The number of carbonyl (C=O) groups excluding carboxylic acids is 1. The molecule has 1 heterocycles. The number of carbonyl (C=O) groups is 2. The van der Waals surface area contributed by atoms with Crippen molar-refractivity contribution in [3.8, 4) is 5.75 Å². The molecule has 3 aromatic rings. The van der Waals surface area contributed by atoms with Crippen LogP contribution in [0.1, 0.15) is 62.0 Å². The van der Waals surface area contributed by atoms with Gasteiger partial charge in [-0.15, -0.1) is 0 Å². The Morgan fingerprint density at radius 1 is 0.921 bits per heavy atom. The Bertz CT molecular complexity index is 1060. The van der Waals surface area contributed by atoms with Crippen molar-refractivity contribution in [1.29, 1.82) is 0 Å². The van der Waals surface area contributed by atoms with E-state index in [-0.39, 0.29) is 5.78 Å². The Kier molecular flexibility index (Phi) is 13.7. The van der Waals surface area contributed by atoms with Gasteiger partial charge in [-0.1, -0.05) is 87.9 Å². The molecule has 6 nitrogen and oxygen atoms in total. The zero-order valence-corrected chi connectivity index (χ0v) is 23.2. The number of ketones is 1. The van der Waals surface area contributed by atoms with Crippen LogP contribution in [0.25, 0.3) is 0 Å². The van der Waals surface area contributed by atoms with E-state index in [2.05, 4.69) is 12.2 Å². The van der Waals surface area contributed by atoms with E-state index in [0.29, 0.717) is 17.9 Å². The predicted octanol–water partition coefficient (Wildman–Crippen LogP) is 5.53. The summed E-state index contributed by atoms with van der Waals surface area (Å²) in [7, 11) is 1.58. The molecule has 4 rings (SSSR count). The molecule has 1 fully saturated rings. The average Bonchev–Trinajstić information content (AvgIpc) is 2.98. The number of anilines is 1. The Hall–Kier alpha value is -3.64. The number of benzene rings is 3. The highest BCUT2D eigenvalue weighted by atomic mass is 16.5. The number of aliphatic carboxylic acids is 1. The largest absolute Gasteiger partial charge is 0.497 e. The van der Waals surface area contributed by atoms with Gasteiger partial charge in [-0.3, -0.25) is 4.79 Å². The zero-order valence-electron chi connectivity index (χ0n) is 23.2. The van der Waals surface area contributed by atoms with Gasteiger partial charge in [0, 0.05) is 11.3 Å². The van der Waals surface area contributed by atoms with Gasteiger partial charge < -0.3 is 20.1 Å². The molecule has 0 radical (unpaired) electrons. The molecule has 1 aliphatic rings. The number of likely N-dealkylation sites (tertiary alicyclic amines) is 1. The van der Waals surface area contributed by atoms with E-state index < -0.39 is 12.0 Å². The lowest BCUT2D eigenvalue weighted by Gasteiger charge is -2.28. The average molecular weight is 520 g/mol. The van der Waals surface area contributed by atoms with Crippen LogP contribution < -0.4 is 15.0 Å². The van der Waals surface area contributed by atoms with Crippen molar-refractivity contribution >= 4 is 17.4 Å². The van der Waals surface area contributed by atoms with Gasteiger partial charge in [-0.2, -0.15) is 0 Å². The smallest absolute Gasteiger partial charge is 0.330 e. The third kappa shape index (κ3) is 10.0. The summed E-state index contributed by atoms with van der Waals surface area (Å²) in [6, 6.07) is 25.1. The summed E-state index contributed by atoms with van der Waals surface area (Å²) in [5, 5.41) is 12.3. The number of hydrogen-bond donors (Lipinski definition) is 3. The fourth-order valence-corrected chi connectivity index (χ4v) is 4.41. The Labute approximate surface area is 227 Å². The van der Waals surface area contributed by atoms with Crippen molar-refractivity contribution in [2.75, 3.05) is 32.1 Å². The summed E-state index contributed by atoms with van der Waals surface area (Å²) in [6.07, 6.45) is 3.86. The van der Waals surface area contributed by atoms with E-state index in [1.807, 2.05) is 74.5 Å². The first-order chi connectivity index (χ1) is 18.5. The Balaban J connectivity index is 0.000000252. The van der Waals surface area contributed by atoms with Gasteiger partial charge >= 0.3 is 5.97 Å². The van der Waals surface area contributed by atoms with Gasteiger partial charge in [0.05, 0.1) is 20.2 Å². The Morgan fingerprint density at radius 3 is 1.97 bits per heavy atom. The first kappa shape index (κ1) is 30.6. The minimum atomic E-state index is -0.922. The molecule has 1 atom stereocenters. The second-order valence-electron chi connectivity index (χ2n) is 9.12. The molecule has 38 heavy (non-hydrogen) atoms. The van der Waals surface area contributed by atoms with Gasteiger partial charge in [0.25, 0.3) is 0 Å². The third-order valence-corrected chi connectivity index (χ3v) is 6.68. The van der Waals surface area contributed by atoms with Crippen LogP contribution in [0.4, 0.5) is 5.69 Å².